The lowest BCUT2D eigenvalue weighted by Crippen LogP contribution is -2.37. The maximum absolute atomic E-state index is 12.1. The summed E-state index contributed by atoms with van der Waals surface area (Å²) < 4.78 is 9.92. The molecule has 0 aromatic heterocycles. The van der Waals surface area contributed by atoms with Crippen LogP contribution in [0.1, 0.15) is 5.56 Å². The van der Waals surface area contributed by atoms with E-state index in [2.05, 4.69) is 5.32 Å². The second kappa shape index (κ2) is 11.1. The molecule has 0 unspecified atom stereocenters. The van der Waals surface area contributed by atoms with Crippen LogP contribution in [-0.2, 0) is 19.1 Å². The summed E-state index contributed by atoms with van der Waals surface area (Å²) >= 11 is 0. The van der Waals surface area contributed by atoms with Gasteiger partial charge in [-0.1, -0.05) is 18.2 Å². The molecule has 2 aromatic rings. The lowest BCUT2D eigenvalue weighted by molar-refractivity contribution is -0.385. The minimum absolute atomic E-state index is 0.163. The molecule has 0 saturated carbocycles. The van der Waals surface area contributed by atoms with Gasteiger partial charge in [-0.2, -0.15) is 0 Å². The van der Waals surface area contributed by atoms with Crippen molar-refractivity contribution in [1.29, 1.82) is 0 Å². The number of esters is 1. The SMILES string of the molecule is COc1cccc(NC(=O)CN(C)C(=O)COC(=O)/C=C/c2ccccc2[N+](=O)[O-])c1. The Hall–Kier alpha value is -4.21. The first kappa shape index (κ1) is 23.1. The maximum atomic E-state index is 12.1. The number of anilines is 1. The van der Waals surface area contributed by atoms with Crippen LogP contribution in [0.2, 0.25) is 0 Å². The van der Waals surface area contributed by atoms with E-state index in [1.54, 1.807) is 30.3 Å². The second-order valence-electron chi connectivity index (χ2n) is 6.29. The van der Waals surface area contributed by atoms with Gasteiger partial charge < -0.3 is 19.7 Å². The molecule has 2 aromatic carbocycles. The first-order chi connectivity index (χ1) is 14.8. The number of amides is 2. The fourth-order valence-corrected chi connectivity index (χ4v) is 2.45. The predicted molar refractivity (Wildman–Crippen MR) is 112 cm³/mol. The summed E-state index contributed by atoms with van der Waals surface area (Å²) in [6.45, 7) is -0.831. The van der Waals surface area contributed by atoms with Crippen molar-refractivity contribution in [3.05, 3.63) is 70.3 Å². The van der Waals surface area contributed by atoms with Crippen LogP contribution >= 0.6 is 0 Å². The number of hydrogen-bond acceptors (Lipinski definition) is 7. The Balaban J connectivity index is 1.82. The minimum atomic E-state index is -0.847. The van der Waals surface area contributed by atoms with Crippen molar-refractivity contribution in [1.82, 2.24) is 4.90 Å². The van der Waals surface area contributed by atoms with Crippen molar-refractivity contribution in [2.75, 3.05) is 32.6 Å². The molecule has 0 aliphatic rings. The lowest BCUT2D eigenvalue weighted by atomic mass is 10.1. The highest BCUT2D eigenvalue weighted by Crippen LogP contribution is 2.19. The molecule has 31 heavy (non-hydrogen) atoms. The molecule has 0 heterocycles. The zero-order valence-corrected chi connectivity index (χ0v) is 16.9. The van der Waals surface area contributed by atoms with E-state index in [1.807, 2.05) is 0 Å². The van der Waals surface area contributed by atoms with E-state index < -0.39 is 29.3 Å². The predicted octanol–water partition coefficient (Wildman–Crippen LogP) is 2.26. The molecule has 2 rings (SSSR count). The van der Waals surface area contributed by atoms with Gasteiger partial charge in [0.05, 0.1) is 24.1 Å². The van der Waals surface area contributed by atoms with Crippen molar-refractivity contribution >= 4 is 35.2 Å². The number of likely N-dealkylation sites (N-methyl/N-ethyl adjacent to an activating group) is 1. The molecule has 0 bridgehead atoms. The molecule has 0 radical (unpaired) electrons. The van der Waals surface area contributed by atoms with E-state index in [4.69, 9.17) is 9.47 Å². The molecule has 2 amide bonds. The largest absolute Gasteiger partial charge is 0.497 e. The molecule has 0 fully saturated rings. The molecule has 0 aliphatic carbocycles. The van der Waals surface area contributed by atoms with E-state index in [-0.39, 0.29) is 17.8 Å². The molecule has 162 valence electrons. The van der Waals surface area contributed by atoms with E-state index in [1.165, 1.54) is 38.4 Å². The lowest BCUT2D eigenvalue weighted by Gasteiger charge is -2.16. The summed E-state index contributed by atoms with van der Waals surface area (Å²) in [5, 5.41) is 13.6. The van der Waals surface area contributed by atoms with Crippen LogP contribution in [-0.4, -0.2) is 54.9 Å². The molecule has 0 atom stereocenters. The van der Waals surface area contributed by atoms with Crippen molar-refractivity contribution in [3.8, 4) is 5.75 Å². The normalized spacial score (nSPS) is 10.4. The van der Waals surface area contributed by atoms with Crippen LogP contribution < -0.4 is 10.1 Å². The van der Waals surface area contributed by atoms with Gasteiger partial charge in [-0.3, -0.25) is 19.7 Å². The Kier molecular flexibility index (Phi) is 8.26. The fraction of sp³-hybridized carbons (Fsp3) is 0.190. The molecular formula is C21H21N3O7. The standard InChI is InChI=1S/C21H21N3O7/c1-23(13-19(25)22-16-7-5-8-17(12-16)30-2)20(26)14-31-21(27)11-10-15-6-3-4-9-18(15)24(28)29/h3-12H,13-14H2,1-2H3,(H,22,25)/b11-10+. The summed E-state index contributed by atoms with van der Waals surface area (Å²) in [4.78, 5) is 47.5. The van der Waals surface area contributed by atoms with Crippen LogP contribution in [0.3, 0.4) is 0 Å². The smallest absolute Gasteiger partial charge is 0.331 e. The highest BCUT2D eigenvalue weighted by Gasteiger charge is 2.15. The van der Waals surface area contributed by atoms with Crippen LogP contribution in [0.4, 0.5) is 11.4 Å². The average Bonchev–Trinajstić information content (AvgIpc) is 2.76. The van der Waals surface area contributed by atoms with Crippen LogP contribution in [0, 0.1) is 10.1 Å². The molecule has 1 N–H and O–H groups in total. The second-order valence-corrected chi connectivity index (χ2v) is 6.29. The van der Waals surface area contributed by atoms with Gasteiger partial charge in [0, 0.05) is 30.9 Å². The van der Waals surface area contributed by atoms with Crippen LogP contribution in [0.25, 0.3) is 6.08 Å². The molecule has 0 saturated heterocycles. The number of hydrogen-bond donors (Lipinski definition) is 1. The van der Waals surface area contributed by atoms with E-state index in [9.17, 15) is 24.5 Å². The summed E-state index contributed by atoms with van der Waals surface area (Å²) in [6, 6.07) is 12.6. The Morgan fingerprint density at radius 1 is 1.16 bits per heavy atom. The van der Waals surface area contributed by atoms with Gasteiger partial charge >= 0.3 is 5.97 Å². The first-order valence-corrected chi connectivity index (χ1v) is 9.06. The van der Waals surface area contributed by atoms with Crippen molar-refractivity contribution in [2.45, 2.75) is 0 Å². The number of nitrogens with one attached hydrogen (secondary N) is 1. The number of carbonyl (C=O) groups is 3. The molecular weight excluding hydrogens is 406 g/mol. The van der Waals surface area contributed by atoms with E-state index in [0.717, 1.165) is 11.0 Å². The third kappa shape index (κ3) is 7.28. The molecule has 0 aliphatic heterocycles. The Bertz CT molecular complexity index is 1000. The Morgan fingerprint density at radius 2 is 1.90 bits per heavy atom. The van der Waals surface area contributed by atoms with E-state index in [0.29, 0.717) is 11.4 Å². The van der Waals surface area contributed by atoms with Gasteiger partial charge in [-0.25, -0.2) is 4.79 Å². The van der Waals surface area contributed by atoms with Gasteiger partial charge in [0.1, 0.15) is 5.75 Å². The third-order valence-electron chi connectivity index (χ3n) is 4.03. The first-order valence-electron chi connectivity index (χ1n) is 9.06. The quantitative estimate of drug-likeness (QED) is 0.281. The minimum Gasteiger partial charge on any atom is -0.497 e. The van der Waals surface area contributed by atoms with Crippen LogP contribution in [0.5, 0.6) is 5.75 Å². The summed E-state index contributed by atoms with van der Waals surface area (Å²) in [5.74, 6) is -1.30. The molecule has 10 nitrogen and oxygen atoms in total. The summed E-state index contributed by atoms with van der Waals surface area (Å²) in [7, 11) is 2.90. The Morgan fingerprint density at radius 3 is 2.61 bits per heavy atom. The van der Waals surface area contributed by atoms with Gasteiger partial charge in [0.2, 0.25) is 5.91 Å². The zero-order valence-electron chi connectivity index (χ0n) is 16.9. The topological polar surface area (TPSA) is 128 Å². The van der Waals surface area contributed by atoms with Gasteiger partial charge in [-0.05, 0) is 24.3 Å². The zero-order chi connectivity index (χ0) is 22.8. The van der Waals surface area contributed by atoms with Gasteiger partial charge in [0.25, 0.3) is 11.6 Å². The number of para-hydroxylation sites is 1. The number of methoxy groups -OCH3 is 1. The number of rotatable bonds is 9. The van der Waals surface area contributed by atoms with Crippen molar-refractivity contribution < 1.29 is 28.8 Å². The number of nitrogens with zero attached hydrogens (tertiary/aromatic N) is 2. The van der Waals surface area contributed by atoms with Crippen molar-refractivity contribution in [2.24, 2.45) is 0 Å². The van der Waals surface area contributed by atoms with E-state index >= 15 is 0 Å². The number of ether oxygens (including phenoxy) is 2. The number of benzene rings is 2. The summed E-state index contributed by atoms with van der Waals surface area (Å²) in [6.07, 6.45) is 2.22. The number of carbonyl (C=O) groups excluding carboxylic acids is 3. The van der Waals surface area contributed by atoms with Crippen LogP contribution in [0.15, 0.2) is 54.6 Å². The number of nitro benzene ring substituents is 1. The van der Waals surface area contributed by atoms with Crippen molar-refractivity contribution in [3.63, 3.8) is 0 Å². The van der Waals surface area contributed by atoms with Gasteiger partial charge in [-0.15, -0.1) is 0 Å². The monoisotopic (exact) mass is 427 g/mol. The molecule has 10 heteroatoms. The highest BCUT2D eigenvalue weighted by atomic mass is 16.6. The molecule has 0 spiro atoms. The Labute approximate surface area is 178 Å². The fourth-order valence-electron chi connectivity index (χ4n) is 2.45. The maximum Gasteiger partial charge on any atom is 0.331 e. The summed E-state index contributed by atoms with van der Waals surface area (Å²) in [5.41, 5.74) is 0.572. The highest BCUT2D eigenvalue weighted by molar-refractivity contribution is 5.95. The van der Waals surface area contributed by atoms with Gasteiger partial charge in [0.15, 0.2) is 6.61 Å². The number of nitro groups is 1. The average molecular weight is 427 g/mol. The third-order valence-corrected chi connectivity index (χ3v) is 4.03.